The normalized spacial score (nSPS) is 21.6. The Morgan fingerprint density at radius 3 is 2.93 bits per heavy atom. The molecule has 0 bridgehead atoms. The van der Waals surface area contributed by atoms with Crippen LogP contribution in [0.3, 0.4) is 0 Å². The molecule has 1 aromatic rings. The molecule has 2 rings (SSSR count). The molecule has 4 nitrogen and oxygen atoms in total. The van der Waals surface area contributed by atoms with Gasteiger partial charge >= 0.3 is 0 Å². The molecular weight excluding hydrogens is 212 g/mol. The summed E-state index contributed by atoms with van der Waals surface area (Å²) in [4.78, 5) is 5.67. The number of hydrogen-bond acceptors (Lipinski definition) is 5. The van der Waals surface area contributed by atoms with Gasteiger partial charge < -0.3 is 14.8 Å². The molecule has 1 N–H and O–H groups in total. The Morgan fingerprint density at radius 2 is 2.33 bits per heavy atom. The van der Waals surface area contributed by atoms with E-state index in [4.69, 9.17) is 9.47 Å². The van der Waals surface area contributed by atoms with Gasteiger partial charge in [-0.3, -0.25) is 0 Å². The van der Waals surface area contributed by atoms with Crippen molar-refractivity contribution in [1.82, 2.24) is 4.98 Å². The van der Waals surface area contributed by atoms with Crippen molar-refractivity contribution in [3.05, 3.63) is 10.6 Å². The Balaban J connectivity index is 1.81. The van der Waals surface area contributed by atoms with Crippen LogP contribution in [0.5, 0.6) is 0 Å². The van der Waals surface area contributed by atoms with Crippen LogP contribution in [0.15, 0.2) is 0 Å². The van der Waals surface area contributed by atoms with Crippen LogP contribution in [0.25, 0.3) is 0 Å². The average Bonchev–Trinajstić information content (AvgIpc) is 2.57. The van der Waals surface area contributed by atoms with Crippen molar-refractivity contribution in [3.63, 3.8) is 0 Å². The third-order valence-electron chi connectivity index (χ3n) is 2.39. The molecule has 5 heteroatoms. The van der Waals surface area contributed by atoms with E-state index in [1.165, 1.54) is 4.88 Å². The fraction of sp³-hybridized carbons (Fsp3) is 0.700. The standard InChI is InChI=1S/C10H16N2O2S/c1-7-8(2)15-10(12-7)11-5-9-6-13-3-4-14-9/h9H,3-6H2,1-2H3,(H,11,12). The van der Waals surface area contributed by atoms with Gasteiger partial charge in [-0.25, -0.2) is 4.98 Å². The van der Waals surface area contributed by atoms with Gasteiger partial charge in [0.1, 0.15) is 0 Å². The Hall–Kier alpha value is -0.650. The molecule has 1 aromatic heterocycles. The van der Waals surface area contributed by atoms with Gasteiger partial charge in [-0.1, -0.05) is 0 Å². The van der Waals surface area contributed by atoms with Gasteiger partial charge in [0.25, 0.3) is 0 Å². The topological polar surface area (TPSA) is 43.4 Å². The predicted molar refractivity (Wildman–Crippen MR) is 60.6 cm³/mol. The largest absolute Gasteiger partial charge is 0.376 e. The minimum Gasteiger partial charge on any atom is -0.376 e. The van der Waals surface area contributed by atoms with Gasteiger partial charge in [0.15, 0.2) is 5.13 Å². The molecule has 0 amide bonds. The number of rotatable bonds is 3. The number of thiazole rings is 1. The second-order valence-corrected chi connectivity index (χ2v) is 4.81. The maximum Gasteiger partial charge on any atom is 0.183 e. The van der Waals surface area contributed by atoms with E-state index in [1.54, 1.807) is 11.3 Å². The molecule has 1 atom stereocenters. The molecule has 2 heterocycles. The van der Waals surface area contributed by atoms with Crippen molar-refractivity contribution in [2.45, 2.75) is 20.0 Å². The first kappa shape index (κ1) is 10.9. The Kier molecular flexibility index (Phi) is 3.56. The highest BCUT2D eigenvalue weighted by molar-refractivity contribution is 7.15. The Bertz CT molecular complexity index is 302. The van der Waals surface area contributed by atoms with E-state index in [-0.39, 0.29) is 6.10 Å². The van der Waals surface area contributed by atoms with E-state index >= 15 is 0 Å². The number of aryl methyl sites for hydroxylation is 2. The van der Waals surface area contributed by atoms with E-state index in [0.29, 0.717) is 19.8 Å². The Morgan fingerprint density at radius 1 is 1.47 bits per heavy atom. The smallest absolute Gasteiger partial charge is 0.183 e. The van der Waals surface area contributed by atoms with Crippen molar-refractivity contribution < 1.29 is 9.47 Å². The maximum atomic E-state index is 5.53. The van der Waals surface area contributed by atoms with E-state index in [2.05, 4.69) is 17.2 Å². The number of ether oxygens (including phenoxy) is 2. The van der Waals surface area contributed by atoms with Crippen molar-refractivity contribution >= 4 is 16.5 Å². The summed E-state index contributed by atoms with van der Waals surface area (Å²) in [5.41, 5.74) is 1.10. The quantitative estimate of drug-likeness (QED) is 0.853. The van der Waals surface area contributed by atoms with Gasteiger partial charge in [0, 0.05) is 11.4 Å². The molecule has 1 aliphatic rings. The molecule has 84 valence electrons. The monoisotopic (exact) mass is 228 g/mol. The second-order valence-electron chi connectivity index (χ2n) is 3.61. The van der Waals surface area contributed by atoms with Gasteiger partial charge in [0.2, 0.25) is 0 Å². The maximum absolute atomic E-state index is 5.53. The molecular formula is C10H16N2O2S. The number of anilines is 1. The minimum atomic E-state index is 0.156. The van der Waals surface area contributed by atoms with Crippen LogP contribution >= 0.6 is 11.3 Å². The lowest BCUT2D eigenvalue weighted by molar-refractivity contribution is -0.0818. The predicted octanol–water partition coefficient (Wildman–Crippen LogP) is 1.59. The van der Waals surface area contributed by atoms with Crippen LogP contribution in [-0.4, -0.2) is 37.5 Å². The van der Waals surface area contributed by atoms with Gasteiger partial charge in [-0.15, -0.1) is 11.3 Å². The van der Waals surface area contributed by atoms with Crippen molar-refractivity contribution in [1.29, 1.82) is 0 Å². The van der Waals surface area contributed by atoms with Crippen LogP contribution < -0.4 is 5.32 Å². The molecule has 0 radical (unpaired) electrons. The fourth-order valence-corrected chi connectivity index (χ4v) is 2.23. The summed E-state index contributed by atoms with van der Waals surface area (Å²) in [6.07, 6.45) is 0.156. The summed E-state index contributed by atoms with van der Waals surface area (Å²) in [7, 11) is 0. The van der Waals surface area contributed by atoms with Crippen molar-refractivity contribution in [2.24, 2.45) is 0 Å². The van der Waals surface area contributed by atoms with E-state index in [9.17, 15) is 0 Å². The molecule has 0 aromatic carbocycles. The Labute approximate surface area is 93.6 Å². The number of aromatic nitrogens is 1. The van der Waals surface area contributed by atoms with E-state index in [1.807, 2.05) is 6.92 Å². The van der Waals surface area contributed by atoms with Gasteiger partial charge in [-0.2, -0.15) is 0 Å². The van der Waals surface area contributed by atoms with Crippen molar-refractivity contribution in [2.75, 3.05) is 31.7 Å². The number of hydrogen-bond donors (Lipinski definition) is 1. The average molecular weight is 228 g/mol. The summed E-state index contributed by atoms with van der Waals surface area (Å²) in [6, 6.07) is 0. The van der Waals surface area contributed by atoms with Crippen LogP contribution in [0, 0.1) is 13.8 Å². The van der Waals surface area contributed by atoms with Gasteiger partial charge in [-0.05, 0) is 13.8 Å². The summed E-state index contributed by atoms with van der Waals surface area (Å²) in [6.45, 7) is 6.96. The zero-order chi connectivity index (χ0) is 10.7. The second kappa shape index (κ2) is 4.92. The van der Waals surface area contributed by atoms with Crippen molar-refractivity contribution in [3.8, 4) is 0 Å². The highest BCUT2D eigenvalue weighted by atomic mass is 32.1. The van der Waals surface area contributed by atoms with E-state index in [0.717, 1.165) is 17.4 Å². The van der Waals surface area contributed by atoms with Crippen LogP contribution in [0.1, 0.15) is 10.6 Å². The molecule has 0 spiro atoms. The lowest BCUT2D eigenvalue weighted by Gasteiger charge is -2.22. The van der Waals surface area contributed by atoms with Crippen LogP contribution in [0.2, 0.25) is 0 Å². The lowest BCUT2D eigenvalue weighted by atomic mass is 10.3. The molecule has 1 fully saturated rings. The molecule has 1 aliphatic heterocycles. The zero-order valence-corrected chi connectivity index (χ0v) is 9.89. The first-order valence-electron chi connectivity index (χ1n) is 5.13. The molecule has 15 heavy (non-hydrogen) atoms. The summed E-state index contributed by atoms with van der Waals surface area (Å²) in [5.74, 6) is 0. The van der Waals surface area contributed by atoms with Crippen LogP contribution in [0.4, 0.5) is 5.13 Å². The molecule has 1 unspecified atom stereocenters. The highest BCUT2D eigenvalue weighted by Gasteiger charge is 2.14. The fourth-order valence-electron chi connectivity index (χ4n) is 1.40. The third-order valence-corrected chi connectivity index (χ3v) is 3.43. The number of nitrogens with zero attached hydrogens (tertiary/aromatic N) is 1. The molecule has 1 saturated heterocycles. The van der Waals surface area contributed by atoms with E-state index < -0.39 is 0 Å². The zero-order valence-electron chi connectivity index (χ0n) is 9.08. The first-order chi connectivity index (χ1) is 7.25. The summed E-state index contributed by atoms with van der Waals surface area (Å²) >= 11 is 1.68. The van der Waals surface area contributed by atoms with Gasteiger partial charge in [0.05, 0.1) is 31.6 Å². The summed E-state index contributed by atoms with van der Waals surface area (Å²) < 4.78 is 10.8. The lowest BCUT2D eigenvalue weighted by Crippen LogP contribution is -2.34. The highest BCUT2D eigenvalue weighted by Crippen LogP contribution is 2.21. The van der Waals surface area contributed by atoms with Crippen LogP contribution in [-0.2, 0) is 9.47 Å². The summed E-state index contributed by atoms with van der Waals surface area (Å²) in [5, 5.41) is 4.25. The minimum absolute atomic E-state index is 0.156. The third kappa shape index (κ3) is 2.90. The first-order valence-corrected chi connectivity index (χ1v) is 5.94. The molecule has 0 aliphatic carbocycles. The number of nitrogens with one attached hydrogen (secondary N) is 1. The molecule has 0 saturated carbocycles. The SMILES string of the molecule is Cc1nc(NCC2COCCO2)sc1C.